The standard InChI is InChI=1S/C15H24F3N5/c1-10-4-6-12(7-5-10)21-14(19-2)20-8-11-9-23(3)22-13(11)15(16,17)18/h9-10,12H,4-8H2,1-3H3,(H2,19,20,21). The van der Waals surface area contributed by atoms with E-state index < -0.39 is 11.9 Å². The smallest absolute Gasteiger partial charge is 0.354 e. The molecule has 0 unspecified atom stereocenters. The number of alkyl halides is 3. The van der Waals surface area contributed by atoms with Crippen molar-refractivity contribution >= 4 is 5.96 Å². The lowest BCUT2D eigenvalue weighted by molar-refractivity contribution is -0.142. The molecule has 2 rings (SSSR count). The second-order valence-corrected chi connectivity index (χ2v) is 6.20. The molecule has 2 N–H and O–H groups in total. The van der Waals surface area contributed by atoms with Gasteiger partial charge in [0.2, 0.25) is 0 Å². The Hall–Kier alpha value is -1.73. The first-order valence-electron chi connectivity index (χ1n) is 7.86. The molecule has 0 saturated heterocycles. The number of aromatic nitrogens is 2. The number of hydrogen-bond acceptors (Lipinski definition) is 2. The molecule has 1 saturated carbocycles. The van der Waals surface area contributed by atoms with E-state index in [9.17, 15) is 13.2 Å². The summed E-state index contributed by atoms with van der Waals surface area (Å²) in [5.74, 6) is 1.27. The van der Waals surface area contributed by atoms with Crippen molar-refractivity contribution in [2.24, 2.45) is 18.0 Å². The SMILES string of the molecule is CN=C(NCc1cn(C)nc1C(F)(F)F)NC1CCC(C)CC1. The number of aryl methyl sites for hydroxylation is 1. The van der Waals surface area contributed by atoms with Crippen molar-refractivity contribution in [3.8, 4) is 0 Å². The van der Waals surface area contributed by atoms with Crippen LogP contribution in [0.3, 0.4) is 0 Å². The first-order chi connectivity index (χ1) is 10.8. The molecule has 1 aromatic rings. The summed E-state index contributed by atoms with van der Waals surface area (Å²) in [6, 6.07) is 0.327. The van der Waals surface area contributed by atoms with Crippen LogP contribution in [-0.4, -0.2) is 28.8 Å². The number of aliphatic imine (C=N–C) groups is 1. The van der Waals surface area contributed by atoms with E-state index in [2.05, 4.69) is 27.6 Å². The zero-order valence-electron chi connectivity index (χ0n) is 13.7. The van der Waals surface area contributed by atoms with Crippen molar-refractivity contribution in [1.29, 1.82) is 0 Å². The first-order valence-corrected chi connectivity index (χ1v) is 7.86. The lowest BCUT2D eigenvalue weighted by Gasteiger charge is -2.28. The highest BCUT2D eigenvalue weighted by molar-refractivity contribution is 5.79. The highest BCUT2D eigenvalue weighted by Crippen LogP contribution is 2.30. The Bertz CT molecular complexity index is 542. The lowest BCUT2D eigenvalue weighted by Crippen LogP contribution is -2.44. The highest BCUT2D eigenvalue weighted by atomic mass is 19.4. The average molecular weight is 331 g/mol. The molecule has 0 spiro atoms. The van der Waals surface area contributed by atoms with Gasteiger partial charge in [-0.3, -0.25) is 9.67 Å². The fourth-order valence-corrected chi connectivity index (χ4v) is 2.88. The van der Waals surface area contributed by atoms with Crippen LogP contribution in [0.1, 0.15) is 43.9 Å². The van der Waals surface area contributed by atoms with Gasteiger partial charge in [-0.25, -0.2) is 0 Å². The quantitative estimate of drug-likeness (QED) is 0.661. The second-order valence-electron chi connectivity index (χ2n) is 6.20. The minimum Gasteiger partial charge on any atom is -0.354 e. The number of nitrogens with zero attached hydrogens (tertiary/aromatic N) is 3. The Labute approximate surface area is 134 Å². The molecule has 1 aliphatic carbocycles. The zero-order chi connectivity index (χ0) is 17.0. The number of rotatable bonds is 3. The van der Waals surface area contributed by atoms with E-state index in [0.717, 1.165) is 31.6 Å². The zero-order valence-corrected chi connectivity index (χ0v) is 13.7. The van der Waals surface area contributed by atoms with E-state index in [1.165, 1.54) is 17.9 Å². The Morgan fingerprint density at radius 2 is 2.00 bits per heavy atom. The van der Waals surface area contributed by atoms with Crippen LogP contribution >= 0.6 is 0 Å². The van der Waals surface area contributed by atoms with E-state index in [1.54, 1.807) is 7.05 Å². The monoisotopic (exact) mass is 331 g/mol. The van der Waals surface area contributed by atoms with Gasteiger partial charge in [0.25, 0.3) is 0 Å². The van der Waals surface area contributed by atoms with Crippen LogP contribution in [0.25, 0.3) is 0 Å². The molecule has 1 aliphatic rings. The summed E-state index contributed by atoms with van der Waals surface area (Å²) in [5.41, 5.74) is -0.741. The fourth-order valence-electron chi connectivity index (χ4n) is 2.88. The predicted octanol–water partition coefficient (Wildman–Crippen LogP) is 2.68. The van der Waals surface area contributed by atoms with Gasteiger partial charge in [0.1, 0.15) is 0 Å². The van der Waals surface area contributed by atoms with Crippen molar-refractivity contribution < 1.29 is 13.2 Å². The van der Waals surface area contributed by atoms with Crippen molar-refractivity contribution in [2.45, 2.75) is 51.4 Å². The van der Waals surface area contributed by atoms with Gasteiger partial charge in [-0.15, -0.1) is 0 Å². The van der Waals surface area contributed by atoms with Crippen LogP contribution in [0.2, 0.25) is 0 Å². The number of halogens is 3. The Kier molecular flexibility index (Phi) is 5.54. The number of nitrogens with one attached hydrogen (secondary N) is 2. The van der Waals surface area contributed by atoms with E-state index in [1.807, 2.05) is 0 Å². The summed E-state index contributed by atoms with van der Waals surface area (Å²) in [5, 5.41) is 9.75. The molecule has 1 heterocycles. The summed E-state index contributed by atoms with van der Waals surface area (Å²) in [4.78, 5) is 4.10. The van der Waals surface area contributed by atoms with Crippen molar-refractivity contribution in [2.75, 3.05) is 7.05 Å². The largest absolute Gasteiger partial charge is 0.435 e. The Morgan fingerprint density at radius 3 is 2.57 bits per heavy atom. The summed E-state index contributed by atoms with van der Waals surface area (Å²) < 4.78 is 40.0. The fraction of sp³-hybridized carbons (Fsp3) is 0.733. The Balaban J connectivity index is 1.94. The maximum Gasteiger partial charge on any atom is 0.435 e. The van der Waals surface area contributed by atoms with E-state index in [0.29, 0.717) is 12.0 Å². The summed E-state index contributed by atoms with van der Waals surface area (Å²) in [6.45, 7) is 2.27. The molecule has 23 heavy (non-hydrogen) atoms. The van der Waals surface area contributed by atoms with Gasteiger partial charge in [0, 0.05) is 38.4 Å². The van der Waals surface area contributed by atoms with Gasteiger partial charge in [-0.1, -0.05) is 6.92 Å². The van der Waals surface area contributed by atoms with E-state index in [-0.39, 0.29) is 12.1 Å². The van der Waals surface area contributed by atoms with Crippen molar-refractivity contribution in [3.63, 3.8) is 0 Å². The lowest BCUT2D eigenvalue weighted by atomic mass is 9.87. The number of guanidine groups is 1. The van der Waals surface area contributed by atoms with Crippen LogP contribution in [0.5, 0.6) is 0 Å². The maximum atomic E-state index is 12.9. The molecule has 0 bridgehead atoms. The molecule has 8 heteroatoms. The molecular weight excluding hydrogens is 307 g/mol. The third kappa shape index (κ3) is 4.87. The third-order valence-electron chi connectivity index (χ3n) is 4.20. The van der Waals surface area contributed by atoms with E-state index >= 15 is 0 Å². The van der Waals surface area contributed by atoms with Crippen LogP contribution in [0.15, 0.2) is 11.2 Å². The van der Waals surface area contributed by atoms with Crippen molar-refractivity contribution in [1.82, 2.24) is 20.4 Å². The third-order valence-corrected chi connectivity index (χ3v) is 4.20. The molecule has 0 atom stereocenters. The first kappa shape index (κ1) is 17.6. The van der Waals surface area contributed by atoms with Gasteiger partial charge < -0.3 is 10.6 Å². The maximum absolute atomic E-state index is 12.9. The molecule has 0 radical (unpaired) electrons. The normalized spacial score (nSPS) is 23.0. The summed E-state index contributed by atoms with van der Waals surface area (Å²) in [6.07, 6.45) is 1.37. The predicted molar refractivity (Wildman–Crippen MR) is 83.0 cm³/mol. The van der Waals surface area contributed by atoms with Gasteiger partial charge in [-0.05, 0) is 31.6 Å². The summed E-state index contributed by atoms with van der Waals surface area (Å²) in [7, 11) is 3.10. The topological polar surface area (TPSA) is 54.2 Å². The van der Waals surface area contributed by atoms with Gasteiger partial charge in [0.15, 0.2) is 11.7 Å². The molecule has 0 aliphatic heterocycles. The molecule has 5 nitrogen and oxygen atoms in total. The average Bonchev–Trinajstić information content (AvgIpc) is 2.87. The number of hydrogen-bond donors (Lipinski definition) is 2. The second kappa shape index (κ2) is 7.23. The minimum absolute atomic E-state index is 0.0332. The molecule has 130 valence electrons. The van der Waals surface area contributed by atoms with E-state index in [4.69, 9.17) is 0 Å². The Morgan fingerprint density at radius 1 is 1.35 bits per heavy atom. The van der Waals surface area contributed by atoms with Crippen LogP contribution in [-0.2, 0) is 19.8 Å². The van der Waals surface area contributed by atoms with Crippen LogP contribution in [0.4, 0.5) is 13.2 Å². The molecular formula is C15H24F3N5. The van der Waals surface area contributed by atoms with Gasteiger partial charge >= 0.3 is 6.18 Å². The molecule has 1 fully saturated rings. The molecule has 1 aromatic heterocycles. The van der Waals surface area contributed by atoms with Crippen LogP contribution in [0, 0.1) is 5.92 Å². The molecule has 0 amide bonds. The minimum atomic E-state index is -4.45. The van der Waals surface area contributed by atoms with Gasteiger partial charge in [0.05, 0.1) is 0 Å². The summed E-state index contributed by atoms with van der Waals surface area (Å²) >= 11 is 0. The van der Waals surface area contributed by atoms with Crippen molar-refractivity contribution in [3.05, 3.63) is 17.5 Å². The van der Waals surface area contributed by atoms with Crippen LogP contribution < -0.4 is 10.6 Å². The van der Waals surface area contributed by atoms with Gasteiger partial charge in [-0.2, -0.15) is 18.3 Å². The molecule has 0 aromatic carbocycles. The highest BCUT2D eigenvalue weighted by Gasteiger charge is 2.36.